The molecule has 0 aliphatic carbocycles. The van der Waals surface area contributed by atoms with Crippen LogP contribution in [0.15, 0.2) is 30.3 Å². The van der Waals surface area contributed by atoms with Gasteiger partial charge in [0, 0.05) is 26.2 Å². The minimum atomic E-state index is 0.0695. The molecule has 0 bridgehead atoms. The molecule has 0 aromatic heterocycles. The highest BCUT2D eigenvalue weighted by atomic mass is 16.2. The molecule has 0 radical (unpaired) electrons. The van der Waals surface area contributed by atoms with Crippen molar-refractivity contribution in [2.45, 2.75) is 26.3 Å². The summed E-state index contributed by atoms with van der Waals surface area (Å²) in [5, 5.41) is 3.09. The van der Waals surface area contributed by atoms with Crippen molar-refractivity contribution in [3.05, 3.63) is 35.9 Å². The van der Waals surface area contributed by atoms with Crippen molar-refractivity contribution in [2.24, 2.45) is 0 Å². The smallest absolute Gasteiger partial charge is 0.234 e. The van der Waals surface area contributed by atoms with E-state index in [4.69, 9.17) is 0 Å². The van der Waals surface area contributed by atoms with E-state index in [0.717, 1.165) is 31.7 Å². The van der Waals surface area contributed by atoms with Crippen LogP contribution in [0.4, 0.5) is 0 Å². The maximum absolute atomic E-state index is 12.1. The van der Waals surface area contributed by atoms with Gasteiger partial charge in [0.05, 0.1) is 12.6 Å². The number of carbonyl (C=O) groups excluding carboxylic acids is 1. The van der Waals surface area contributed by atoms with Crippen LogP contribution in [0, 0.1) is 0 Å². The molecule has 116 valence electrons. The van der Waals surface area contributed by atoms with E-state index in [1.807, 2.05) is 25.1 Å². The third-order valence-corrected chi connectivity index (χ3v) is 4.05. The highest BCUT2D eigenvalue weighted by Crippen LogP contribution is 2.11. The molecule has 1 aromatic rings. The van der Waals surface area contributed by atoms with Crippen LogP contribution < -0.4 is 5.32 Å². The molecule has 2 rings (SSSR count). The van der Waals surface area contributed by atoms with Crippen molar-refractivity contribution in [1.82, 2.24) is 15.1 Å². The third-order valence-electron chi connectivity index (χ3n) is 4.05. The number of hydrogen-bond acceptors (Lipinski definition) is 3. The van der Waals surface area contributed by atoms with Crippen LogP contribution in [0.5, 0.6) is 0 Å². The fraction of sp³-hybridized carbons (Fsp3) is 0.588. The lowest BCUT2D eigenvalue weighted by atomic mass is 10.1. The first-order valence-electron chi connectivity index (χ1n) is 7.98. The van der Waals surface area contributed by atoms with E-state index in [9.17, 15) is 4.79 Å². The van der Waals surface area contributed by atoms with E-state index in [1.54, 1.807) is 0 Å². The number of carbonyl (C=O) groups is 1. The minimum Gasteiger partial charge on any atom is -0.348 e. The first kappa shape index (κ1) is 16.0. The highest BCUT2D eigenvalue weighted by molar-refractivity contribution is 5.78. The molecule has 1 aliphatic rings. The number of amides is 1. The number of nitrogens with one attached hydrogen (secondary N) is 1. The van der Waals surface area contributed by atoms with Crippen LogP contribution in [-0.2, 0) is 4.79 Å². The Morgan fingerprint density at radius 3 is 2.38 bits per heavy atom. The van der Waals surface area contributed by atoms with Crippen LogP contribution in [0.3, 0.4) is 0 Å². The highest BCUT2D eigenvalue weighted by Gasteiger charge is 2.19. The van der Waals surface area contributed by atoms with Crippen molar-refractivity contribution < 1.29 is 4.79 Å². The molecule has 1 N–H and O–H groups in total. The van der Waals surface area contributed by atoms with Crippen LogP contribution in [0.25, 0.3) is 0 Å². The van der Waals surface area contributed by atoms with Gasteiger partial charge < -0.3 is 10.2 Å². The first-order chi connectivity index (χ1) is 10.2. The first-order valence-corrected chi connectivity index (χ1v) is 7.98. The van der Waals surface area contributed by atoms with Gasteiger partial charge >= 0.3 is 0 Å². The van der Waals surface area contributed by atoms with Gasteiger partial charge in [-0.3, -0.25) is 9.69 Å². The summed E-state index contributed by atoms with van der Waals surface area (Å²) >= 11 is 0. The van der Waals surface area contributed by atoms with Crippen molar-refractivity contribution in [1.29, 1.82) is 0 Å². The SMILES string of the molecule is CCCN1CCN(CC(=O)NC(C)c2ccccc2)CC1. The lowest BCUT2D eigenvalue weighted by Gasteiger charge is -2.34. The van der Waals surface area contributed by atoms with Crippen LogP contribution in [0.1, 0.15) is 31.9 Å². The maximum atomic E-state index is 12.1. The lowest BCUT2D eigenvalue weighted by molar-refractivity contribution is -0.123. The number of piperazine rings is 1. The largest absolute Gasteiger partial charge is 0.348 e. The molecule has 1 amide bonds. The lowest BCUT2D eigenvalue weighted by Crippen LogP contribution is -2.49. The van der Waals surface area contributed by atoms with Crippen LogP contribution >= 0.6 is 0 Å². The molecule has 1 fully saturated rings. The van der Waals surface area contributed by atoms with E-state index in [0.29, 0.717) is 6.54 Å². The summed E-state index contributed by atoms with van der Waals surface area (Å²) in [7, 11) is 0. The molecule has 0 spiro atoms. The second kappa shape index (κ2) is 8.15. The van der Waals surface area contributed by atoms with Gasteiger partial charge in [0.25, 0.3) is 0 Å². The van der Waals surface area contributed by atoms with Gasteiger partial charge in [0.2, 0.25) is 5.91 Å². The zero-order chi connectivity index (χ0) is 15.1. The van der Waals surface area contributed by atoms with Crippen molar-refractivity contribution in [3.8, 4) is 0 Å². The van der Waals surface area contributed by atoms with Crippen LogP contribution in [0.2, 0.25) is 0 Å². The summed E-state index contributed by atoms with van der Waals surface area (Å²) in [6.07, 6.45) is 1.20. The number of nitrogens with zero attached hydrogens (tertiary/aromatic N) is 2. The van der Waals surface area contributed by atoms with Crippen molar-refractivity contribution >= 4 is 5.91 Å². The minimum absolute atomic E-state index is 0.0695. The van der Waals surface area contributed by atoms with Gasteiger partial charge in [-0.2, -0.15) is 0 Å². The number of rotatable bonds is 6. The molecule has 21 heavy (non-hydrogen) atoms. The standard InChI is InChI=1S/C17H27N3O/c1-3-9-19-10-12-20(13-11-19)14-17(21)18-15(2)16-7-5-4-6-8-16/h4-8,15H,3,9-14H2,1-2H3,(H,18,21). The second-order valence-electron chi connectivity index (χ2n) is 5.82. The molecule has 1 heterocycles. The van der Waals surface area contributed by atoms with E-state index in [-0.39, 0.29) is 11.9 Å². The Bertz CT molecular complexity index is 427. The van der Waals surface area contributed by atoms with Gasteiger partial charge in [-0.05, 0) is 25.5 Å². The molecule has 4 heteroatoms. The Kier molecular flexibility index (Phi) is 6.21. The zero-order valence-corrected chi connectivity index (χ0v) is 13.2. The summed E-state index contributed by atoms with van der Waals surface area (Å²) < 4.78 is 0. The molecule has 1 unspecified atom stereocenters. The topological polar surface area (TPSA) is 35.6 Å². The van der Waals surface area contributed by atoms with E-state index < -0.39 is 0 Å². The Morgan fingerprint density at radius 1 is 1.14 bits per heavy atom. The molecule has 0 saturated carbocycles. The normalized spacial score (nSPS) is 18.4. The molecule has 1 aliphatic heterocycles. The van der Waals surface area contributed by atoms with Crippen molar-refractivity contribution in [3.63, 3.8) is 0 Å². The Morgan fingerprint density at radius 2 is 1.76 bits per heavy atom. The van der Waals surface area contributed by atoms with E-state index in [2.05, 4.69) is 34.2 Å². The summed E-state index contributed by atoms with van der Waals surface area (Å²) in [5.41, 5.74) is 1.15. The van der Waals surface area contributed by atoms with Crippen LogP contribution in [-0.4, -0.2) is 55.0 Å². The average Bonchev–Trinajstić information content (AvgIpc) is 2.50. The molecule has 1 saturated heterocycles. The fourth-order valence-corrected chi connectivity index (χ4v) is 2.80. The van der Waals surface area contributed by atoms with Gasteiger partial charge in [-0.15, -0.1) is 0 Å². The molecule has 4 nitrogen and oxygen atoms in total. The van der Waals surface area contributed by atoms with Crippen molar-refractivity contribution in [2.75, 3.05) is 39.3 Å². The summed E-state index contributed by atoms with van der Waals surface area (Å²) in [6.45, 7) is 10.1. The van der Waals surface area contributed by atoms with Gasteiger partial charge in [-0.1, -0.05) is 37.3 Å². The predicted octanol–water partition coefficient (Wildman–Crippen LogP) is 1.89. The fourth-order valence-electron chi connectivity index (χ4n) is 2.80. The Hall–Kier alpha value is -1.39. The molecule has 1 atom stereocenters. The quantitative estimate of drug-likeness (QED) is 0.869. The summed E-state index contributed by atoms with van der Waals surface area (Å²) in [4.78, 5) is 16.9. The maximum Gasteiger partial charge on any atom is 0.234 e. The second-order valence-corrected chi connectivity index (χ2v) is 5.82. The average molecular weight is 289 g/mol. The molecular weight excluding hydrogens is 262 g/mol. The summed E-state index contributed by atoms with van der Waals surface area (Å²) in [5.74, 6) is 0.121. The third kappa shape index (κ3) is 5.14. The predicted molar refractivity (Wildman–Crippen MR) is 86.2 cm³/mol. The number of benzene rings is 1. The molecule has 1 aromatic carbocycles. The van der Waals surface area contributed by atoms with Gasteiger partial charge in [0.1, 0.15) is 0 Å². The number of hydrogen-bond donors (Lipinski definition) is 1. The van der Waals surface area contributed by atoms with E-state index in [1.165, 1.54) is 13.0 Å². The van der Waals surface area contributed by atoms with E-state index >= 15 is 0 Å². The van der Waals surface area contributed by atoms with Gasteiger partial charge in [-0.25, -0.2) is 0 Å². The van der Waals surface area contributed by atoms with Gasteiger partial charge in [0.15, 0.2) is 0 Å². The monoisotopic (exact) mass is 289 g/mol. The Balaban J connectivity index is 1.73. The summed E-state index contributed by atoms with van der Waals surface area (Å²) in [6, 6.07) is 10.2. The Labute approximate surface area is 128 Å². The zero-order valence-electron chi connectivity index (χ0n) is 13.2. The molecular formula is C17H27N3O.